The van der Waals surface area contributed by atoms with E-state index in [2.05, 4.69) is 10.1 Å². The molecule has 5 nitrogen and oxygen atoms in total. The Morgan fingerprint density at radius 2 is 1.93 bits per heavy atom. The molecule has 0 aromatic heterocycles. The molecule has 0 aliphatic heterocycles. The monoisotopic (exact) mass is 411 g/mol. The zero-order valence-corrected chi connectivity index (χ0v) is 16.3. The topological polar surface area (TPSA) is 56.8 Å². The van der Waals surface area contributed by atoms with Gasteiger partial charge in [-0.15, -0.1) is 0 Å². The lowest BCUT2D eigenvalue weighted by Gasteiger charge is -2.14. The minimum Gasteiger partial charge on any atom is -0.493 e. The molecule has 1 atom stereocenters. The highest BCUT2D eigenvalue weighted by Crippen LogP contribution is 2.36. The fraction of sp³-hybridized carbons (Fsp3) is 0.250. The van der Waals surface area contributed by atoms with Crippen LogP contribution in [0.1, 0.15) is 24.1 Å². The molecule has 8 heteroatoms. The van der Waals surface area contributed by atoms with E-state index >= 15 is 0 Å². The van der Waals surface area contributed by atoms with E-state index in [1.807, 2.05) is 0 Å². The molecule has 0 radical (unpaired) electrons. The molecule has 150 valence electrons. The second-order valence-electron chi connectivity index (χ2n) is 5.75. The summed E-state index contributed by atoms with van der Waals surface area (Å²) in [5, 5.41) is 3.11. The van der Waals surface area contributed by atoms with Crippen molar-refractivity contribution in [3.05, 3.63) is 58.6 Å². The molecule has 0 fully saturated rings. The van der Waals surface area contributed by atoms with Crippen molar-refractivity contribution in [2.24, 2.45) is 0 Å². The van der Waals surface area contributed by atoms with Gasteiger partial charge in [0.25, 0.3) is 0 Å². The Bertz CT molecular complexity index is 858. The quantitative estimate of drug-likeness (QED) is 0.631. The molecule has 1 unspecified atom stereocenters. The highest BCUT2D eigenvalue weighted by Gasteiger charge is 2.12. The number of carbonyl (C=O) groups is 1. The summed E-state index contributed by atoms with van der Waals surface area (Å²) < 4.78 is 39.4. The van der Waals surface area contributed by atoms with Crippen LogP contribution in [0.4, 0.5) is 8.78 Å². The van der Waals surface area contributed by atoms with Crippen LogP contribution in [-0.2, 0) is 4.79 Å². The van der Waals surface area contributed by atoms with Gasteiger partial charge in [-0.1, -0.05) is 23.7 Å². The van der Waals surface area contributed by atoms with Gasteiger partial charge in [0.05, 0.1) is 25.3 Å². The van der Waals surface area contributed by atoms with Gasteiger partial charge in [-0.2, -0.15) is 8.78 Å². The predicted octanol–water partition coefficient (Wildman–Crippen LogP) is 4.85. The normalized spacial score (nSPS) is 12.1. The van der Waals surface area contributed by atoms with E-state index in [0.717, 1.165) is 0 Å². The van der Waals surface area contributed by atoms with Crippen LogP contribution >= 0.6 is 11.6 Å². The predicted molar refractivity (Wildman–Crippen MR) is 103 cm³/mol. The van der Waals surface area contributed by atoms with E-state index in [-0.39, 0.29) is 11.7 Å². The number of methoxy groups -OCH3 is 2. The number of hydrogen-bond acceptors (Lipinski definition) is 4. The van der Waals surface area contributed by atoms with Crippen LogP contribution < -0.4 is 19.5 Å². The molecule has 28 heavy (non-hydrogen) atoms. The number of benzene rings is 2. The maximum atomic E-state index is 12.3. The molecule has 0 aliphatic rings. The minimum absolute atomic E-state index is 0.0316. The summed E-state index contributed by atoms with van der Waals surface area (Å²) in [5.41, 5.74) is 1.28. The van der Waals surface area contributed by atoms with Crippen molar-refractivity contribution in [3.8, 4) is 17.2 Å². The Hall–Kier alpha value is -2.80. The van der Waals surface area contributed by atoms with Gasteiger partial charge in [0.15, 0.2) is 11.5 Å². The molecule has 0 spiro atoms. The molecule has 2 aromatic rings. The standard InChI is InChI=1S/C20H20ClF2NO4/c1-12(14-5-4-6-15(11-14)28-20(22)23)24-18(25)8-7-13-9-16(21)19(27-3)17(10-13)26-2/h4-12,20H,1-3H3,(H,24,25). The molecule has 0 bridgehead atoms. The molecule has 2 aromatic carbocycles. The lowest BCUT2D eigenvalue weighted by Crippen LogP contribution is -2.24. The number of nitrogens with one attached hydrogen (secondary N) is 1. The summed E-state index contributed by atoms with van der Waals surface area (Å²) in [6.07, 6.45) is 2.92. The smallest absolute Gasteiger partial charge is 0.387 e. The van der Waals surface area contributed by atoms with Crippen molar-refractivity contribution in [2.45, 2.75) is 19.6 Å². The molecule has 1 N–H and O–H groups in total. The summed E-state index contributed by atoms with van der Waals surface area (Å²) in [6, 6.07) is 9.08. The lowest BCUT2D eigenvalue weighted by molar-refractivity contribution is -0.117. The minimum atomic E-state index is -2.91. The summed E-state index contributed by atoms with van der Waals surface area (Å²) in [4.78, 5) is 12.2. The van der Waals surface area contributed by atoms with Crippen molar-refractivity contribution < 1.29 is 27.8 Å². The van der Waals surface area contributed by atoms with Gasteiger partial charge in [-0.3, -0.25) is 4.79 Å². The Balaban J connectivity index is 2.06. The molecule has 0 heterocycles. The van der Waals surface area contributed by atoms with Crippen LogP contribution in [0.15, 0.2) is 42.5 Å². The Kier molecular flexibility index (Phi) is 7.63. The van der Waals surface area contributed by atoms with Gasteiger partial charge in [0, 0.05) is 6.08 Å². The first kappa shape index (κ1) is 21.5. The highest BCUT2D eigenvalue weighted by molar-refractivity contribution is 6.32. The molecular formula is C20H20ClF2NO4. The molecule has 1 amide bonds. The Labute approximate surface area is 166 Å². The van der Waals surface area contributed by atoms with Crippen molar-refractivity contribution in [2.75, 3.05) is 14.2 Å². The summed E-state index contributed by atoms with van der Waals surface area (Å²) >= 11 is 6.14. The van der Waals surface area contributed by atoms with Gasteiger partial charge in [0.2, 0.25) is 5.91 Å². The van der Waals surface area contributed by atoms with Gasteiger partial charge < -0.3 is 19.5 Å². The SMILES string of the molecule is COc1cc(C=CC(=O)NC(C)c2cccc(OC(F)F)c2)cc(Cl)c1OC. The van der Waals surface area contributed by atoms with E-state index in [0.29, 0.717) is 27.6 Å². The van der Waals surface area contributed by atoms with E-state index in [9.17, 15) is 13.6 Å². The summed E-state index contributed by atoms with van der Waals surface area (Å²) in [7, 11) is 2.97. The fourth-order valence-corrected chi connectivity index (χ4v) is 2.81. The Morgan fingerprint density at radius 3 is 2.57 bits per heavy atom. The first-order chi connectivity index (χ1) is 13.3. The molecule has 2 rings (SSSR count). The van der Waals surface area contributed by atoms with E-state index in [4.69, 9.17) is 21.1 Å². The van der Waals surface area contributed by atoms with E-state index < -0.39 is 12.7 Å². The number of alkyl halides is 2. The fourth-order valence-electron chi connectivity index (χ4n) is 2.51. The number of carbonyl (C=O) groups excluding carboxylic acids is 1. The van der Waals surface area contributed by atoms with Crippen LogP contribution in [0.2, 0.25) is 5.02 Å². The second kappa shape index (κ2) is 9.94. The van der Waals surface area contributed by atoms with Crippen molar-refractivity contribution in [3.63, 3.8) is 0 Å². The third-order valence-corrected chi connectivity index (χ3v) is 4.11. The molecule has 0 saturated heterocycles. The van der Waals surface area contributed by atoms with Crippen LogP contribution in [0, 0.1) is 0 Å². The summed E-state index contributed by atoms with van der Waals surface area (Å²) in [5.74, 6) is 0.521. The number of hydrogen-bond donors (Lipinski definition) is 1. The van der Waals surface area contributed by atoms with E-state index in [1.54, 1.807) is 37.3 Å². The van der Waals surface area contributed by atoms with Crippen molar-refractivity contribution >= 4 is 23.6 Å². The average Bonchev–Trinajstić information content (AvgIpc) is 2.65. The number of amides is 1. The van der Waals surface area contributed by atoms with Gasteiger partial charge >= 0.3 is 6.61 Å². The van der Waals surface area contributed by atoms with Gasteiger partial charge in [-0.05, 0) is 48.4 Å². The number of ether oxygens (including phenoxy) is 3. The van der Waals surface area contributed by atoms with Crippen LogP contribution in [0.3, 0.4) is 0 Å². The number of rotatable bonds is 8. The highest BCUT2D eigenvalue weighted by atomic mass is 35.5. The second-order valence-corrected chi connectivity index (χ2v) is 6.16. The van der Waals surface area contributed by atoms with Crippen LogP contribution in [-0.4, -0.2) is 26.7 Å². The maximum absolute atomic E-state index is 12.3. The maximum Gasteiger partial charge on any atom is 0.387 e. The first-order valence-electron chi connectivity index (χ1n) is 8.29. The third-order valence-electron chi connectivity index (χ3n) is 3.83. The molecule has 0 saturated carbocycles. The summed E-state index contributed by atoms with van der Waals surface area (Å²) in [6.45, 7) is -1.17. The molecule has 0 aliphatic carbocycles. The van der Waals surface area contributed by atoms with E-state index in [1.165, 1.54) is 32.4 Å². The first-order valence-corrected chi connectivity index (χ1v) is 8.66. The van der Waals surface area contributed by atoms with Crippen LogP contribution in [0.5, 0.6) is 17.2 Å². The largest absolute Gasteiger partial charge is 0.493 e. The lowest BCUT2D eigenvalue weighted by atomic mass is 10.1. The number of halogens is 3. The average molecular weight is 412 g/mol. The van der Waals surface area contributed by atoms with Crippen LogP contribution in [0.25, 0.3) is 6.08 Å². The zero-order valence-electron chi connectivity index (χ0n) is 15.5. The van der Waals surface area contributed by atoms with Crippen molar-refractivity contribution in [1.82, 2.24) is 5.32 Å². The van der Waals surface area contributed by atoms with Gasteiger partial charge in [-0.25, -0.2) is 0 Å². The molecular weight excluding hydrogens is 392 g/mol. The third kappa shape index (κ3) is 5.85. The zero-order chi connectivity index (χ0) is 20.7. The Morgan fingerprint density at radius 1 is 1.18 bits per heavy atom. The van der Waals surface area contributed by atoms with Crippen molar-refractivity contribution in [1.29, 1.82) is 0 Å². The van der Waals surface area contributed by atoms with Gasteiger partial charge in [0.1, 0.15) is 5.75 Å².